The Morgan fingerprint density at radius 1 is 1.35 bits per heavy atom. The molecule has 1 unspecified atom stereocenters. The van der Waals surface area contributed by atoms with Crippen LogP contribution in [-0.2, 0) is 14.3 Å². The Bertz CT molecular complexity index is 461. The Hall–Kier alpha value is -1.69. The topological polar surface area (TPSA) is 35.5 Å². The van der Waals surface area contributed by atoms with Crippen LogP contribution < -0.4 is 0 Å². The SMILES string of the molecule is CC#COC(C)(C)CCCC(C)CC=CC(C)=CC(=O)OCC. The lowest BCUT2D eigenvalue weighted by Gasteiger charge is -2.22. The summed E-state index contributed by atoms with van der Waals surface area (Å²) in [6.45, 7) is 12.3. The maximum atomic E-state index is 11.3. The van der Waals surface area contributed by atoms with Crippen LogP contribution in [0.1, 0.15) is 67.2 Å². The minimum atomic E-state index is -0.278. The highest BCUT2D eigenvalue weighted by Gasteiger charge is 2.18. The minimum absolute atomic E-state index is 0.183. The molecule has 0 aromatic carbocycles. The molecule has 0 rings (SSSR count). The normalized spacial score (nSPS) is 13.4. The fourth-order valence-electron chi connectivity index (χ4n) is 2.14. The van der Waals surface area contributed by atoms with E-state index >= 15 is 0 Å². The van der Waals surface area contributed by atoms with Gasteiger partial charge in [-0.25, -0.2) is 4.79 Å². The molecule has 0 saturated carbocycles. The van der Waals surface area contributed by atoms with Gasteiger partial charge in [-0.3, -0.25) is 0 Å². The number of ether oxygens (including phenoxy) is 2. The van der Waals surface area contributed by atoms with E-state index in [0.717, 1.165) is 31.3 Å². The molecule has 1 atom stereocenters. The van der Waals surface area contributed by atoms with Crippen molar-refractivity contribution in [3.63, 3.8) is 0 Å². The van der Waals surface area contributed by atoms with Gasteiger partial charge in [0.15, 0.2) is 0 Å². The number of carbonyl (C=O) groups is 1. The van der Waals surface area contributed by atoms with Crippen LogP contribution in [0.25, 0.3) is 0 Å². The Morgan fingerprint density at radius 2 is 2.04 bits per heavy atom. The maximum Gasteiger partial charge on any atom is 0.330 e. The van der Waals surface area contributed by atoms with Gasteiger partial charge in [-0.2, -0.15) is 0 Å². The van der Waals surface area contributed by atoms with Gasteiger partial charge in [-0.1, -0.05) is 31.4 Å². The summed E-state index contributed by atoms with van der Waals surface area (Å²) in [6.07, 6.45) is 12.6. The van der Waals surface area contributed by atoms with Gasteiger partial charge in [-0.05, 0) is 58.4 Å². The van der Waals surface area contributed by atoms with E-state index in [9.17, 15) is 4.79 Å². The molecule has 0 spiro atoms. The predicted octanol–water partition coefficient (Wildman–Crippen LogP) is 5.02. The van der Waals surface area contributed by atoms with Crippen molar-refractivity contribution in [2.45, 2.75) is 72.8 Å². The van der Waals surface area contributed by atoms with Crippen LogP contribution in [0.5, 0.6) is 0 Å². The first kappa shape index (κ1) is 21.3. The Kier molecular flexibility index (Phi) is 11.0. The van der Waals surface area contributed by atoms with Gasteiger partial charge in [-0.15, -0.1) is 0 Å². The Labute approximate surface area is 142 Å². The molecule has 0 radical (unpaired) electrons. The summed E-state index contributed by atoms with van der Waals surface area (Å²) in [4.78, 5) is 11.3. The van der Waals surface area contributed by atoms with Gasteiger partial charge >= 0.3 is 5.97 Å². The molecule has 0 saturated heterocycles. The summed E-state index contributed by atoms with van der Waals surface area (Å²) in [5, 5.41) is 0. The molecule has 0 heterocycles. The van der Waals surface area contributed by atoms with Crippen molar-refractivity contribution in [3.05, 3.63) is 23.8 Å². The summed E-state index contributed by atoms with van der Waals surface area (Å²) in [5.41, 5.74) is 0.737. The maximum absolute atomic E-state index is 11.3. The number of hydrogen-bond acceptors (Lipinski definition) is 3. The smallest absolute Gasteiger partial charge is 0.330 e. The van der Waals surface area contributed by atoms with E-state index in [1.807, 2.05) is 13.0 Å². The Morgan fingerprint density at radius 3 is 2.65 bits per heavy atom. The first-order valence-corrected chi connectivity index (χ1v) is 8.42. The molecule has 0 aromatic rings. The number of allylic oxidation sites excluding steroid dienone is 3. The van der Waals surface area contributed by atoms with Crippen molar-refractivity contribution in [2.75, 3.05) is 6.61 Å². The van der Waals surface area contributed by atoms with Crippen LogP contribution in [0, 0.1) is 17.9 Å². The molecule has 3 heteroatoms. The second kappa shape index (κ2) is 11.8. The van der Waals surface area contributed by atoms with Crippen molar-refractivity contribution in [2.24, 2.45) is 5.92 Å². The molecule has 0 bridgehead atoms. The van der Waals surface area contributed by atoms with E-state index in [0.29, 0.717) is 12.5 Å². The molecular weight excluding hydrogens is 288 g/mol. The second-order valence-corrected chi connectivity index (χ2v) is 6.49. The van der Waals surface area contributed by atoms with Crippen LogP contribution in [0.3, 0.4) is 0 Å². The summed E-state index contributed by atoms with van der Waals surface area (Å²) < 4.78 is 10.4. The van der Waals surface area contributed by atoms with Crippen molar-refractivity contribution < 1.29 is 14.3 Å². The van der Waals surface area contributed by atoms with Crippen molar-refractivity contribution in [1.82, 2.24) is 0 Å². The van der Waals surface area contributed by atoms with E-state index in [2.05, 4.69) is 38.9 Å². The van der Waals surface area contributed by atoms with Gasteiger partial charge in [0, 0.05) is 13.0 Å². The fraction of sp³-hybridized carbons (Fsp3) is 0.650. The summed E-state index contributed by atoms with van der Waals surface area (Å²) in [5.74, 6) is 3.09. The quantitative estimate of drug-likeness (QED) is 0.245. The van der Waals surface area contributed by atoms with E-state index in [-0.39, 0.29) is 11.6 Å². The van der Waals surface area contributed by atoms with E-state index in [1.54, 1.807) is 13.8 Å². The molecular formula is C20H32O3. The van der Waals surface area contributed by atoms with Gasteiger partial charge < -0.3 is 9.47 Å². The third kappa shape index (κ3) is 12.5. The molecule has 0 fully saturated rings. The molecule has 0 aliphatic heterocycles. The van der Waals surface area contributed by atoms with Crippen molar-refractivity contribution >= 4 is 5.97 Å². The zero-order valence-corrected chi connectivity index (χ0v) is 15.6. The summed E-state index contributed by atoms with van der Waals surface area (Å²) in [7, 11) is 0. The average molecular weight is 320 g/mol. The molecule has 0 aliphatic carbocycles. The van der Waals surface area contributed by atoms with E-state index < -0.39 is 0 Å². The third-order valence-electron chi connectivity index (χ3n) is 3.46. The lowest BCUT2D eigenvalue weighted by molar-refractivity contribution is -0.137. The average Bonchev–Trinajstić information content (AvgIpc) is 2.45. The fourth-order valence-corrected chi connectivity index (χ4v) is 2.14. The predicted molar refractivity (Wildman–Crippen MR) is 95.8 cm³/mol. The first-order chi connectivity index (χ1) is 10.8. The molecule has 0 aliphatic rings. The number of hydrogen-bond donors (Lipinski definition) is 0. The lowest BCUT2D eigenvalue weighted by atomic mass is 9.95. The zero-order valence-electron chi connectivity index (χ0n) is 15.6. The van der Waals surface area contributed by atoms with Crippen LogP contribution in [0.4, 0.5) is 0 Å². The number of rotatable bonds is 10. The molecule has 130 valence electrons. The number of esters is 1. The zero-order chi connectivity index (χ0) is 17.7. The van der Waals surface area contributed by atoms with Gasteiger partial charge in [0.25, 0.3) is 0 Å². The molecule has 3 nitrogen and oxygen atoms in total. The second-order valence-electron chi connectivity index (χ2n) is 6.49. The summed E-state index contributed by atoms with van der Waals surface area (Å²) >= 11 is 0. The summed E-state index contributed by atoms with van der Waals surface area (Å²) in [6, 6.07) is 0. The van der Waals surface area contributed by atoms with Crippen LogP contribution in [0.2, 0.25) is 0 Å². The molecule has 0 amide bonds. The van der Waals surface area contributed by atoms with Crippen molar-refractivity contribution in [1.29, 1.82) is 0 Å². The molecule has 0 aromatic heterocycles. The third-order valence-corrected chi connectivity index (χ3v) is 3.46. The largest absolute Gasteiger partial charge is 0.463 e. The number of carbonyl (C=O) groups excluding carboxylic acids is 1. The highest BCUT2D eigenvalue weighted by molar-refractivity contribution is 5.83. The van der Waals surface area contributed by atoms with Crippen molar-refractivity contribution in [3.8, 4) is 12.0 Å². The van der Waals surface area contributed by atoms with E-state index in [1.165, 1.54) is 6.08 Å². The highest BCUT2D eigenvalue weighted by Crippen LogP contribution is 2.21. The molecule has 23 heavy (non-hydrogen) atoms. The van der Waals surface area contributed by atoms with Gasteiger partial charge in [0.1, 0.15) is 11.7 Å². The van der Waals surface area contributed by atoms with Crippen LogP contribution in [0.15, 0.2) is 23.8 Å². The lowest BCUT2D eigenvalue weighted by Crippen LogP contribution is -2.22. The monoisotopic (exact) mass is 320 g/mol. The highest BCUT2D eigenvalue weighted by atomic mass is 16.5. The Balaban J connectivity index is 4.06. The standard InChI is InChI=1S/C20H32O3/c1-7-15-23-20(5,6)14-10-13-17(3)11-9-12-18(4)16-19(21)22-8-2/h9,12,16-17H,8,10-11,13-14H2,1-6H3. The molecule has 0 N–H and O–H groups in total. The minimum Gasteiger partial charge on any atom is -0.463 e. The van der Waals surface area contributed by atoms with Crippen LogP contribution in [-0.4, -0.2) is 18.2 Å². The van der Waals surface area contributed by atoms with Crippen LogP contribution >= 0.6 is 0 Å². The van der Waals surface area contributed by atoms with E-state index in [4.69, 9.17) is 9.47 Å². The van der Waals surface area contributed by atoms with Gasteiger partial charge in [0.05, 0.1) is 6.61 Å². The first-order valence-electron chi connectivity index (χ1n) is 8.42. The van der Waals surface area contributed by atoms with Gasteiger partial charge in [0.2, 0.25) is 0 Å².